The maximum Gasteiger partial charge on any atom is 0.337 e. The minimum Gasteiger partial charge on any atom is -0.465 e. The monoisotopic (exact) mass is 263 g/mol. The first-order valence-corrected chi connectivity index (χ1v) is 6.55. The van der Waals surface area contributed by atoms with Crippen molar-refractivity contribution >= 4 is 11.7 Å². The first-order valence-electron chi connectivity index (χ1n) is 6.55. The molecular weight excluding hydrogens is 242 g/mol. The molecule has 4 nitrogen and oxygen atoms in total. The lowest BCUT2D eigenvalue weighted by atomic mass is 9.97. The number of hydrogen-bond donors (Lipinski definition) is 1. The molecule has 1 aliphatic rings. The molecule has 1 heterocycles. The molecule has 1 unspecified atom stereocenters. The highest BCUT2D eigenvalue weighted by Crippen LogP contribution is 2.36. The number of hydrogen-bond acceptors (Lipinski definition) is 4. The van der Waals surface area contributed by atoms with Gasteiger partial charge in [0.05, 0.1) is 12.7 Å². The van der Waals surface area contributed by atoms with Crippen LogP contribution < -0.4 is 4.90 Å². The summed E-state index contributed by atoms with van der Waals surface area (Å²) in [7, 11) is 1.38. The zero-order valence-corrected chi connectivity index (χ0v) is 11.7. The molecule has 0 aliphatic carbocycles. The number of aliphatic hydroxyl groups is 1. The molecule has 1 aliphatic heterocycles. The lowest BCUT2D eigenvalue weighted by Gasteiger charge is -2.33. The van der Waals surface area contributed by atoms with E-state index in [-0.39, 0.29) is 18.1 Å². The van der Waals surface area contributed by atoms with E-state index in [0.717, 1.165) is 18.7 Å². The second-order valence-electron chi connectivity index (χ2n) is 5.71. The predicted molar refractivity (Wildman–Crippen MR) is 74.4 cm³/mol. The van der Waals surface area contributed by atoms with Gasteiger partial charge in [0.25, 0.3) is 0 Å². The van der Waals surface area contributed by atoms with Crippen LogP contribution in [-0.4, -0.2) is 36.9 Å². The Morgan fingerprint density at radius 2 is 2.05 bits per heavy atom. The molecule has 1 aromatic rings. The number of anilines is 1. The fourth-order valence-electron chi connectivity index (χ4n) is 2.86. The van der Waals surface area contributed by atoms with Gasteiger partial charge in [0.1, 0.15) is 0 Å². The van der Waals surface area contributed by atoms with Gasteiger partial charge in [-0.2, -0.15) is 0 Å². The maximum atomic E-state index is 11.4. The van der Waals surface area contributed by atoms with Gasteiger partial charge in [0.2, 0.25) is 0 Å². The van der Waals surface area contributed by atoms with E-state index < -0.39 is 0 Å². The van der Waals surface area contributed by atoms with E-state index in [1.807, 2.05) is 12.1 Å². The van der Waals surface area contributed by atoms with Crippen molar-refractivity contribution in [2.45, 2.75) is 25.8 Å². The number of ether oxygens (including phenoxy) is 1. The lowest BCUT2D eigenvalue weighted by Crippen LogP contribution is -2.38. The molecule has 2 rings (SSSR count). The summed E-state index contributed by atoms with van der Waals surface area (Å²) in [5, 5.41) is 9.32. The molecule has 0 bridgehead atoms. The Morgan fingerprint density at radius 1 is 1.42 bits per heavy atom. The summed E-state index contributed by atoms with van der Waals surface area (Å²) in [6.07, 6.45) is 0.974. The Bertz CT molecular complexity index is 453. The molecular formula is C15H21NO3. The number of rotatable bonds is 3. The highest BCUT2D eigenvalue weighted by Gasteiger charge is 2.37. The average molecular weight is 263 g/mol. The van der Waals surface area contributed by atoms with Crippen LogP contribution in [0.5, 0.6) is 0 Å². The third-order valence-electron chi connectivity index (χ3n) is 3.82. The Labute approximate surface area is 114 Å². The molecule has 0 spiro atoms. The van der Waals surface area contributed by atoms with Crippen molar-refractivity contribution in [3.63, 3.8) is 0 Å². The number of aliphatic hydroxyl groups excluding tert-OH is 1. The second-order valence-corrected chi connectivity index (χ2v) is 5.71. The largest absolute Gasteiger partial charge is 0.465 e. The summed E-state index contributed by atoms with van der Waals surface area (Å²) in [6.45, 7) is 5.43. The average Bonchev–Trinajstić information content (AvgIpc) is 2.73. The van der Waals surface area contributed by atoms with Crippen molar-refractivity contribution in [3.05, 3.63) is 29.8 Å². The van der Waals surface area contributed by atoms with E-state index >= 15 is 0 Å². The maximum absolute atomic E-state index is 11.4. The van der Waals surface area contributed by atoms with Gasteiger partial charge in [-0.1, -0.05) is 0 Å². The SMILES string of the molecule is COC(=O)c1ccc(N2CC(CO)CC2(C)C)cc1. The molecule has 0 aromatic heterocycles. The fourth-order valence-corrected chi connectivity index (χ4v) is 2.86. The van der Waals surface area contributed by atoms with Crippen LogP contribution in [0.4, 0.5) is 5.69 Å². The Hall–Kier alpha value is -1.55. The van der Waals surface area contributed by atoms with Crippen LogP contribution in [0.3, 0.4) is 0 Å². The van der Waals surface area contributed by atoms with Gasteiger partial charge in [-0.05, 0) is 44.5 Å². The summed E-state index contributed by atoms with van der Waals surface area (Å²) in [5.41, 5.74) is 1.66. The van der Waals surface area contributed by atoms with E-state index in [1.54, 1.807) is 12.1 Å². The van der Waals surface area contributed by atoms with E-state index in [0.29, 0.717) is 11.5 Å². The molecule has 1 aromatic carbocycles. The van der Waals surface area contributed by atoms with Gasteiger partial charge in [-0.25, -0.2) is 4.79 Å². The Balaban J connectivity index is 2.20. The minimum atomic E-state index is -0.319. The standard InChI is InChI=1S/C15H21NO3/c1-15(2)8-11(10-17)9-16(15)13-6-4-12(5-7-13)14(18)19-3/h4-7,11,17H,8-10H2,1-3H3. The summed E-state index contributed by atoms with van der Waals surface area (Å²) < 4.78 is 4.69. The third kappa shape index (κ3) is 2.73. The molecule has 1 saturated heterocycles. The van der Waals surface area contributed by atoms with Crippen molar-refractivity contribution in [3.8, 4) is 0 Å². The Kier molecular flexibility index (Phi) is 3.80. The van der Waals surface area contributed by atoms with Crippen molar-refractivity contribution in [2.75, 3.05) is 25.2 Å². The zero-order valence-electron chi connectivity index (χ0n) is 11.7. The second kappa shape index (κ2) is 5.21. The lowest BCUT2D eigenvalue weighted by molar-refractivity contribution is 0.0601. The molecule has 104 valence electrons. The first-order chi connectivity index (χ1) is 8.97. The summed E-state index contributed by atoms with van der Waals surface area (Å²) in [6, 6.07) is 7.44. The first kappa shape index (κ1) is 13.9. The van der Waals surface area contributed by atoms with Crippen molar-refractivity contribution < 1.29 is 14.6 Å². The topological polar surface area (TPSA) is 49.8 Å². The van der Waals surface area contributed by atoms with Crippen LogP contribution in [0.1, 0.15) is 30.6 Å². The normalized spacial score (nSPS) is 21.5. The number of esters is 1. The summed E-state index contributed by atoms with van der Waals surface area (Å²) >= 11 is 0. The van der Waals surface area contributed by atoms with E-state index in [1.165, 1.54) is 7.11 Å². The van der Waals surface area contributed by atoms with E-state index in [4.69, 9.17) is 4.74 Å². The van der Waals surface area contributed by atoms with Crippen LogP contribution in [0.2, 0.25) is 0 Å². The van der Waals surface area contributed by atoms with Crippen LogP contribution >= 0.6 is 0 Å². The number of nitrogens with zero attached hydrogens (tertiary/aromatic N) is 1. The summed E-state index contributed by atoms with van der Waals surface area (Å²) in [4.78, 5) is 13.7. The molecule has 4 heteroatoms. The van der Waals surface area contributed by atoms with Crippen LogP contribution in [-0.2, 0) is 4.74 Å². The highest BCUT2D eigenvalue weighted by atomic mass is 16.5. The van der Waals surface area contributed by atoms with Gasteiger partial charge in [0, 0.05) is 30.3 Å². The van der Waals surface area contributed by atoms with Crippen LogP contribution in [0, 0.1) is 5.92 Å². The van der Waals surface area contributed by atoms with Gasteiger partial charge in [0.15, 0.2) is 0 Å². The summed E-state index contributed by atoms with van der Waals surface area (Å²) in [5.74, 6) is -0.00393. The number of carbonyl (C=O) groups excluding carboxylic acids is 1. The molecule has 1 fully saturated rings. The number of carbonyl (C=O) groups is 1. The van der Waals surface area contributed by atoms with Crippen molar-refractivity contribution in [1.82, 2.24) is 0 Å². The molecule has 0 saturated carbocycles. The van der Waals surface area contributed by atoms with E-state index in [2.05, 4.69) is 18.7 Å². The number of benzene rings is 1. The molecule has 1 atom stereocenters. The quantitative estimate of drug-likeness (QED) is 0.848. The van der Waals surface area contributed by atoms with Crippen molar-refractivity contribution in [1.29, 1.82) is 0 Å². The van der Waals surface area contributed by atoms with Gasteiger partial charge in [-0.15, -0.1) is 0 Å². The molecule has 19 heavy (non-hydrogen) atoms. The predicted octanol–water partition coefficient (Wildman–Crippen LogP) is 2.07. The minimum absolute atomic E-state index is 0.0280. The van der Waals surface area contributed by atoms with Gasteiger partial charge in [-0.3, -0.25) is 0 Å². The fraction of sp³-hybridized carbons (Fsp3) is 0.533. The number of methoxy groups -OCH3 is 1. The van der Waals surface area contributed by atoms with E-state index in [9.17, 15) is 9.90 Å². The van der Waals surface area contributed by atoms with Gasteiger partial charge >= 0.3 is 5.97 Å². The molecule has 0 radical (unpaired) electrons. The molecule has 1 N–H and O–H groups in total. The van der Waals surface area contributed by atoms with Gasteiger partial charge < -0.3 is 14.7 Å². The smallest absolute Gasteiger partial charge is 0.337 e. The third-order valence-corrected chi connectivity index (χ3v) is 3.82. The Morgan fingerprint density at radius 3 is 2.53 bits per heavy atom. The highest BCUT2D eigenvalue weighted by molar-refractivity contribution is 5.89. The van der Waals surface area contributed by atoms with Crippen LogP contribution in [0.25, 0.3) is 0 Å². The molecule has 0 amide bonds. The van der Waals surface area contributed by atoms with Crippen molar-refractivity contribution in [2.24, 2.45) is 5.92 Å². The zero-order chi connectivity index (χ0) is 14.0. The van der Waals surface area contributed by atoms with Crippen LogP contribution in [0.15, 0.2) is 24.3 Å².